The number of aliphatic imine (C=N–C) groups is 1. The molecule has 1 saturated heterocycles. The first-order valence-electron chi connectivity index (χ1n) is 15.6. The summed E-state index contributed by atoms with van der Waals surface area (Å²) in [5.41, 5.74) is 3.73. The van der Waals surface area contributed by atoms with Crippen molar-refractivity contribution < 1.29 is 9.21 Å². The van der Waals surface area contributed by atoms with Gasteiger partial charge in [-0.2, -0.15) is 0 Å². The third-order valence-corrected chi connectivity index (χ3v) is 8.16. The van der Waals surface area contributed by atoms with Crippen LogP contribution in [-0.4, -0.2) is 53.7 Å². The molecule has 2 aromatic heterocycles. The molecule has 0 unspecified atom stereocenters. The zero-order valence-corrected chi connectivity index (χ0v) is 26.2. The minimum atomic E-state index is -0.0604. The molecule has 1 aliphatic carbocycles. The first kappa shape index (κ1) is 30.9. The van der Waals surface area contributed by atoms with E-state index in [2.05, 4.69) is 32.0 Å². The van der Waals surface area contributed by atoms with Crippen LogP contribution < -0.4 is 21.0 Å². The normalized spacial score (nSPS) is 18.9. The van der Waals surface area contributed by atoms with Crippen LogP contribution in [0.25, 0.3) is 22.1 Å². The molecule has 9 heteroatoms. The molecule has 0 amide bonds. The number of fused-ring (bicyclic) bond motifs is 1. The molecule has 230 valence electrons. The van der Waals surface area contributed by atoms with Crippen LogP contribution in [-0.2, 0) is 4.79 Å². The molecule has 2 aliphatic heterocycles. The van der Waals surface area contributed by atoms with Gasteiger partial charge in [0.25, 0.3) is 0 Å². The van der Waals surface area contributed by atoms with E-state index in [0.717, 1.165) is 74.4 Å². The second kappa shape index (κ2) is 13.9. The SMILES string of the molecule is C=C(/N=C1\C(=C/C)C=C(C(C)=O)N1C1CCCC1)Nc1ccc(-c2cccc3c(=O)cc(N4CCNCC4)oc23)cn1.CC. The average molecular weight is 595 g/mol. The summed E-state index contributed by atoms with van der Waals surface area (Å²) in [7, 11) is 0. The van der Waals surface area contributed by atoms with Gasteiger partial charge in [0.2, 0.25) is 0 Å². The lowest BCUT2D eigenvalue weighted by molar-refractivity contribution is -0.114. The van der Waals surface area contributed by atoms with E-state index >= 15 is 0 Å². The monoisotopic (exact) mass is 594 g/mol. The summed E-state index contributed by atoms with van der Waals surface area (Å²) in [5, 5.41) is 7.07. The second-order valence-corrected chi connectivity index (χ2v) is 10.9. The third-order valence-electron chi connectivity index (χ3n) is 8.16. The highest BCUT2D eigenvalue weighted by atomic mass is 16.4. The number of piperazine rings is 1. The zero-order chi connectivity index (χ0) is 31.2. The van der Waals surface area contributed by atoms with Crippen LogP contribution in [0.5, 0.6) is 0 Å². The molecule has 0 atom stereocenters. The lowest BCUT2D eigenvalue weighted by Gasteiger charge is -2.28. The number of benzene rings is 1. The summed E-state index contributed by atoms with van der Waals surface area (Å²) in [6, 6.07) is 11.2. The fourth-order valence-corrected chi connectivity index (χ4v) is 6.03. The maximum absolute atomic E-state index is 13.0. The third kappa shape index (κ3) is 6.38. The molecule has 0 radical (unpaired) electrons. The number of anilines is 2. The van der Waals surface area contributed by atoms with Crippen LogP contribution in [0.3, 0.4) is 0 Å². The number of Topliss-reactive ketones (excluding diaryl/α,β-unsaturated/α-hetero) is 1. The summed E-state index contributed by atoms with van der Waals surface area (Å²) >= 11 is 0. The highest BCUT2D eigenvalue weighted by Crippen LogP contribution is 2.34. The van der Waals surface area contributed by atoms with Gasteiger partial charge in [-0.1, -0.05) is 51.5 Å². The van der Waals surface area contributed by atoms with Crippen molar-refractivity contribution in [3.05, 3.63) is 88.6 Å². The molecule has 0 spiro atoms. The topological polar surface area (TPSA) is 103 Å². The Balaban J connectivity index is 0.00000188. The number of nitrogens with zero attached hydrogens (tertiary/aromatic N) is 4. The van der Waals surface area contributed by atoms with Crippen LogP contribution >= 0.6 is 0 Å². The number of para-hydroxylation sites is 1. The number of carbonyl (C=O) groups is 1. The van der Waals surface area contributed by atoms with E-state index in [-0.39, 0.29) is 17.3 Å². The van der Waals surface area contributed by atoms with Gasteiger partial charge in [-0.05, 0) is 44.0 Å². The standard InChI is InChI=1S/C33H36N6O3.C2H6/c1-4-23-18-28(21(2)40)39(25-8-5-6-9-25)33(23)37-22(3)36-30-13-12-24(20-35-30)26-10-7-11-27-29(41)19-31(42-32(26)27)38-16-14-34-15-17-38;1-2/h4,7,10-13,18-20,25,34H,3,5-6,8-9,14-17H2,1-2H3,(H,35,36);1-2H3/b23-4-,37-33+;. The van der Waals surface area contributed by atoms with E-state index in [1.165, 1.54) is 0 Å². The van der Waals surface area contributed by atoms with Crippen molar-refractivity contribution in [2.45, 2.75) is 59.4 Å². The van der Waals surface area contributed by atoms with Crippen molar-refractivity contribution >= 4 is 34.3 Å². The molecule has 3 aliphatic rings. The molecule has 9 nitrogen and oxygen atoms in total. The van der Waals surface area contributed by atoms with Gasteiger partial charge in [-0.15, -0.1) is 0 Å². The number of pyridine rings is 1. The van der Waals surface area contributed by atoms with Crippen LogP contribution in [0.2, 0.25) is 0 Å². The predicted octanol–water partition coefficient (Wildman–Crippen LogP) is 6.25. The van der Waals surface area contributed by atoms with E-state index in [1.54, 1.807) is 25.3 Å². The van der Waals surface area contributed by atoms with Gasteiger partial charge in [0, 0.05) is 68.1 Å². The van der Waals surface area contributed by atoms with Crippen LogP contribution in [0, 0.1) is 0 Å². The van der Waals surface area contributed by atoms with Gasteiger partial charge < -0.3 is 24.9 Å². The van der Waals surface area contributed by atoms with Crippen LogP contribution in [0.15, 0.2) is 92.6 Å². The molecule has 2 fully saturated rings. The number of rotatable bonds is 7. The molecule has 6 rings (SSSR count). The van der Waals surface area contributed by atoms with E-state index < -0.39 is 0 Å². The van der Waals surface area contributed by atoms with Gasteiger partial charge >= 0.3 is 0 Å². The molecular weight excluding hydrogens is 552 g/mol. The van der Waals surface area contributed by atoms with Gasteiger partial charge in [0.05, 0.1) is 11.1 Å². The molecule has 2 N–H and O–H groups in total. The van der Waals surface area contributed by atoms with Gasteiger partial charge in [-0.25, -0.2) is 9.98 Å². The van der Waals surface area contributed by atoms with Crippen molar-refractivity contribution in [1.82, 2.24) is 15.2 Å². The minimum absolute atomic E-state index is 0.0339. The minimum Gasteiger partial charge on any atom is -0.440 e. The number of carbonyl (C=O) groups excluding carboxylic acids is 1. The van der Waals surface area contributed by atoms with Gasteiger partial charge in [0.1, 0.15) is 23.1 Å². The number of hydrogen-bond donors (Lipinski definition) is 2. The van der Waals surface area contributed by atoms with E-state index in [9.17, 15) is 9.59 Å². The largest absolute Gasteiger partial charge is 0.440 e. The maximum Gasteiger partial charge on any atom is 0.200 e. The van der Waals surface area contributed by atoms with Crippen molar-refractivity contribution in [2.75, 3.05) is 36.4 Å². The number of hydrogen-bond acceptors (Lipinski definition) is 8. The molecular formula is C35H42N6O3. The van der Waals surface area contributed by atoms with Gasteiger partial charge in [-0.3, -0.25) is 9.59 Å². The number of amidine groups is 1. The molecule has 4 heterocycles. The summed E-state index contributed by atoms with van der Waals surface area (Å²) in [6.45, 7) is 15.0. The lowest BCUT2D eigenvalue weighted by Crippen LogP contribution is -2.43. The first-order valence-corrected chi connectivity index (χ1v) is 15.6. The fourth-order valence-electron chi connectivity index (χ4n) is 6.03. The highest BCUT2D eigenvalue weighted by Gasteiger charge is 2.35. The quantitative estimate of drug-likeness (QED) is 0.331. The molecule has 1 aromatic carbocycles. The zero-order valence-electron chi connectivity index (χ0n) is 26.2. The summed E-state index contributed by atoms with van der Waals surface area (Å²) in [6.07, 6.45) is 10.0. The Morgan fingerprint density at radius 2 is 1.91 bits per heavy atom. The van der Waals surface area contributed by atoms with Crippen molar-refractivity contribution in [3.8, 4) is 11.1 Å². The highest BCUT2D eigenvalue weighted by molar-refractivity contribution is 6.12. The fraction of sp³-hybridized carbons (Fsp3) is 0.371. The van der Waals surface area contributed by atoms with Crippen molar-refractivity contribution in [3.63, 3.8) is 0 Å². The maximum atomic E-state index is 13.0. The number of allylic oxidation sites excluding steroid dienone is 2. The van der Waals surface area contributed by atoms with Crippen LogP contribution in [0.1, 0.15) is 53.4 Å². The number of ketones is 1. The predicted molar refractivity (Wildman–Crippen MR) is 179 cm³/mol. The Hall–Kier alpha value is -4.50. The Morgan fingerprint density at radius 3 is 2.57 bits per heavy atom. The molecule has 3 aromatic rings. The second-order valence-electron chi connectivity index (χ2n) is 10.9. The summed E-state index contributed by atoms with van der Waals surface area (Å²) in [4.78, 5) is 39.1. The Kier molecular flexibility index (Phi) is 9.75. The average Bonchev–Trinajstić information content (AvgIpc) is 3.71. The van der Waals surface area contributed by atoms with Crippen molar-refractivity contribution in [1.29, 1.82) is 0 Å². The Morgan fingerprint density at radius 1 is 1.16 bits per heavy atom. The molecule has 44 heavy (non-hydrogen) atoms. The molecule has 0 bridgehead atoms. The first-order chi connectivity index (χ1) is 21.4. The van der Waals surface area contributed by atoms with E-state index in [4.69, 9.17) is 9.41 Å². The molecule has 1 saturated carbocycles. The summed E-state index contributed by atoms with van der Waals surface area (Å²) in [5.74, 6) is 2.39. The summed E-state index contributed by atoms with van der Waals surface area (Å²) < 4.78 is 6.32. The van der Waals surface area contributed by atoms with Crippen molar-refractivity contribution in [2.24, 2.45) is 4.99 Å². The number of aromatic nitrogens is 1. The van der Waals surface area contributed by atoms with Crippen LogP contribution in [0.4, 0.5) is 11.7 Å². The smallest absolute Gasteiger partial charge is 0.200 e. The van der Waals surface area contributed by atoms with E-state index in [1.807, 2.05) is 57.2 Å². The Labute approximate surface area is 259 Å². The lowest BCUT2D eigenvalue weighted by atomic mass is 10.0. The Bertz CT molecular complexity index is 1670. The van der Waals surface area contributed by atoms with Gasteiger partial charge in [0.15, 0.2) is 17.1 Å². The van der Waals surface area contributed by atoms with E-state index in [0.29, 0.717) is 34.2 Å². The number of nitrogens with one attached hydrogen (secondary N) is 2.